The van der Waals surface area contributed by atoms with E-state index in [1.165, 1.54) is 43.2 Å². The van der Waals surface area contributed by atoms with Crippen LogP contribution in [0.4, 0.5) is 0 Å². The van der Waals surface area contributed by atoms with Crippen molar-refractivity contribution in [1.82, 2.24) is 5.32 Å². The van der Waals surface area contributed by atoms with E-state index in [-0.39, 0.29) is 5.41 Å². The molecule has 0 aromatic heterocycles. The van der Waals surface area contributed by atoms with Gasteiger partial charge in [-0.3, -0.25) is 0 Å². The molecule has 0 radical (unpaired) electrons. The van der Waals surface area contributed by atoms with Crippen molar-refractivity contribution in [2.24, 2.45) is 5.92 Å². The number of nitrogens with one attached hydrogen (secondary N) is 1. The lowest BCUT2D eigenvalue weighted by molar-refractivity contribution is 0.339. The number of hydrogen-bond donors (Lipinski definition) is 1. The average molecular weight is 290 g/mol. The summed E-state index contributed by atoms with van der Waals surface area (Å²) in [7, 11) is 2.10. The molecule has 0 bridgehead atoms. The maximum absolute atomic E-state index is 3.55. The van der Waals surface area contributed by atoms with Gasteiger partial charge in [-0.25, -0.2) is 0 Å². The van der Waals surface area contributed by atoms with Crippen molar-refractivity contribution >= 4 is 0 Å². The minimum atomic E-state index is 0.278. The lowest BCUT2D eigenvalue weighted by Crippen LogP contribution is -2.25. The summed E-state index contributed by atoms with van der Waals surface area (Å²) in [5.41, 5.74) is 3.17. The van der Waals surface area contributed by atoms with Gasteiger partial charge in [0.15, 0.2) is 0 Å². The van der Waals surface area contributed by atoms with Crippen LogP contribution in [0.3, 0.4) is 0 Å². The Morgan fingerprint density at radius 1 is 1.05 bits per heavy atom. The van der Waals surface area contributed by atoms with Gasteiger partial charge < -0.3 is 5.32 Å². The Balaban J connectivity index is 2.91. The van der Waals surface area contributed by atoms with Crippen molar-refractivity contribution in [1.29, 1.82) is 0 Å². The Kier molecular flexibility index (Phi) is 7.45. The van der Waals surface area contributed by atoms with Gasteiger partial charge >= 0.3 is 0 Å². The first-order valence-electron chi connectivity index (χ1n) is 8.77. The van der Waals surface area contributed by atoms with Gasteiger partial charge in [-0.1, -0.05) is 78.1 Å². The lowest BCUT2D eigenvalue weighted by atomic mass is 9.80. The van der Waals surface area contributed by atoms with Gasteiger partial charge in [-0.15, -0.1) is 0 Å². The molecule has 0 heterocycles. The summed E-state index contributed by atoms with van der Waals surface area (Å²) in [4.78, 5) is 0. The van der Waals surface area contributed by atoms with Crippen LogP contribution in [0.25, 0.3) is 0 Å². The van der Waals surface area contributed by atoms with Gasteiger partial charge in [0.25, 0.3) is 0 Å². The summed E-state index contributed by atoms with van der Waals surface area (Å²) in [6.45, 7) is 11.5. The summed E-state index contributed by atoms with van der Waals surface area (Å²) in [6.07, 6.45) is 6.36. The molecule has 0 aliphatic heterocycles. The van der Waals surface area contributed by atoms with Gasteiger partial charge in [0, 0.05) is 6.04 Å². The second-order valence-corrected chi connectivity index (χ2v) is 6.94. The van der Waals surface area contributed by atoms with Crippen LogP contribution >= 0.6 is 0 Å². The Bertz CT molecular complexity index is 391. The molecule has 1 heteroatoms. The van der Waals surface area contributed by atoms with E-state index in [9.17, 15) is 0 Å². The maximum atomic E-state index is 3.55. The van der Waals surface area contributed by atoms with Gasteiger partial charge in [0.1, 0.15) is 0 Å². The highest BCUT2D eigenvalue weighted by Gasteiger charge is 2.22. The molecule has 21 heavy (non-hydrogen) atoms. The van der Waals surface area contributed by atoms with Gasteiger partial charge in [0.05, 0.1) is 0 Å². The predicted octanol–water partition coefficient (Wildman–Crippen LogP) is 5.85. The fourth-order valence-electron chi connectivity index (χ4n) is 3.09. The minimum absolute atomic E-state index is 0.278. The third-order valence-corrected chi connectivity index (χ3v) is 5.17. The third kappa shape index (κ3) is 4.85. The highest BCUT2D eigenvalue weighted by Crippen LogP contribution is 2.31. The van der Waals surface area contributed by atoms with Crippen molar-refractivity contribution in [2.75, 3.05) is 7.05 Å². The summed E-state index contributed by atoms with van der Waals surface area (Å²) in [5, 5.41) is 3.55. The van der Waals surface area contributed by atoms with E-state index in [0.717, 1.165) is 5.92 Å². The van der Waals surface area contributed by atoms with Crippen molar-refractivity contribution in [3.8, 4) is 0 Å². The second kappa shape index (κ2) is 8.58. The maximum Gasteiger partial charge on any atom is 0.0346 e. The summed E-state index contributed by atoms with van der Waals surface area (Å²) < 4.78 is 0. The zero-order valence-corrected chi connectivity index (χ0v) is 15.0. The Hall–Kier alpha value is -0.820. The molecular weight excluding hydrogens is 254 g/mol. The van der Waals surface area contributed by atoms with Gasteiger partial charge in [0.2, 0.25) is 0 Å². The third-order valence-electron chi connectivity index (χ3n) is 5.17. The zero-order chi connectivity index (χ0) is 15.9. The molecule has 1 aromatic carbocycles. The largest absolute Gasteiger partial charge is 0.313 e. The lowest BCUT2D eigenvalue weighted by Gasteiger charge is -2.28. The molecule has 2 unspecified atom stereocenters. The molecule has 120 valence electrons. The van der Waals surface area contributed by atoms with E-state index >= 15 is 0 Å². The van der Waals surface area contributed by atoms with E-state index in [0.29, 0.717) is 6.04 Å². The normalized spacial score (nSPS) is 15.0. The standard InChI is InChI=1S/C20H35N/c1-7-10-11-16(8-2)19(21-6)17-12-14-18(15-13-17)20(4,5)9-3/h12-16,19,21H,7-11H2,1-6H3. The molecule has 0 fully saturated rings. The number of benzene rings is 1. The fraction of sp³-hybridized carbons (Fsp3) is 0.700. The summed E-state index contributed by atoms with van der Waals surface area (Å²) in [6, 6.07) is 9.82. The molecule has 0 saturated carbocycles. The molecule has 1 rings (SSSR count). The van der Waals surface area contributed by atoms with E-state index in [1.807, 2.05) is 0 Å². The molecular formula is C20H35N. The average Bonchev–Trinajstić information content (AvgIpc) is 2.51. The first-order valence-corrected chi connectivity index (χ1v) is 8.77. The molecule has 0 saturated heterocycles. The molecule has 0 aliphatic rings. The molecule has 1 N–H and O–H groups in total. The van der Waals surface area contributed by atoms with E-state index in [2.05, 4.69) is 71.2 Å². The molecule has 0 spiro atoms. The molecule has 0 amide bonds. The smallest absolute Gasteiger partial charge is 0.0346 e. The Morgan fingerprint density at radius 2 is 1.67 bits per heavy atom. The minimum Gasteiger partial charge on any atom is -0.313 e. The number of rotatable bonds is 9. The molecule has 1 nitrogen and oxygen atoms in total. The SMILES string of the molecule is CCCCC(CC)C(NC)c1ccc(C(C)(C)CC)cc1. The van der Waals surface area contributed by atoms with Crippen LogP contribution in [-0.4, -0.2) is 7.05 Å². The van der Waals surface area contributed by atoms with Crippen molar-refractivity contribution in [3.63, 3.8) is 0 Å². The molecule has 2 atom stereocenters. The fourth-order valence-corrected chi connectivity index (χ4v) is 3.09. The number of hydrogen-bond acceptors (Lipinski definition) is 1. The Labute approximate surface area is 132 Å². The van der Waals surface area contributed by atoms with Crippen LogP contribution in [0, 0.1) is 5.92 Å². The van der Waals surface area contributed by atoms with Crippen LogP contribution in [-0.2, 0) is 5.41 Å². The monoisotopic (exact) mass is 289 g/mol. The van der Waals surface area contributed by atoms with E-state index < -0.39 is 0 Å². The van der Waals surface area contributed by atoms with E-state index in [4.69, 9.17) is 0 Å². The van der Waals surface area contributed by atoms with E-state index in [1.54, 1.807) is 0 Å². The highest BCUT2D eigenvalue weighted by molar-refractivity contribution is 5.30. The quantitative estimate of drug-likeness (QED) is 0.601. The Morgan fingerprint density at radius 3 is 2.10 bits per heavy atom. The van der Waals surface area contributed by atoms with Crippen LogP contribution < -0.4 is 5.32 Å². The highest BCUT2D eigenvalue weighted by atomic mass is 14.9. The summed E-state index contributed by atoms with van der Waals surface area (Å²) in [5.74, 6) is 0.736. The van der Waals surface area contributed by atoms with Crippen LogP contribution in [0.2, 0.25) is 0 Å². The predicted molar refractivity (Wildman–Crippen MR) is 94.9 cm³/mol. The van der Waals surface area contributed by atoms with Crippen LogP contribution in [0.1, 0.15) is 83.9 Å². The summed E-state index contributed by atoms with van der Waals surface area (Å²) >= 11 is 0. The van der Waals surface area contributed by atoms with Crippen LogP contribution in [0.15, 0.2) is 24.3 Å². The van der Waals surface area contributed by atoms with Crippen molar-refractivity contribution in [2.45, 2.75) is 78.2 Å². The van der Waals surface area contributed by atoms with Crippen molar-refractivity contribution < 1.29 is 0 Å². The second-order valence-electron chi connectivity index (χ2n) is 6.94. The molecule has 0 aliphatic carbocycles. The first-order chi connectivity index (χ1) is 10.00. The van der Waals surface area contributed by atoms with Crippen LogP contribution in [0.5, 0.6) is 0 Å². The van der Waals surface area contributed by atoms with Gasteiger partial charge in [-0.05, 0) is 42.3 Å². The zero-order valence-electron chi connectivity index (χ0n) is 15.0. The first kappa shape index (κ1) is 18.2. The van der Waals surface area contributed by atoms with Gasteiger partial charge in [-0.2, -0.15) is 0 Å². The number of unbranched alkanes of at least 4 members (excludes halogenated alkanes) is 1. The molecule has 1 aromatic rings. The van der Waals surface area contributed by atoms with Crippen molar-refractivity contribution in [3.05, 3.63) is 35.4 Å². The topological polar surface area (TPSA) is 12.0 Å².